The molecule has 1 amide bonds. The second kappa shape index (κ2) is 5.50. The van der Waals surface area contributed by atoms with Gasteiger partial charge in [-0.3, -0.25) is 4.79 Å². The number of hydrogen-bond acceptors (Lipinski definition) is 6. The minimum absolute atomic E-state index is 0.0418. The number of pyridine rings is 1. The van der Waals surface area contributed by atoms with E-state index in [0.717, 1.165) is 42.2 Å². The smallest absolute Gasteiger partial charge is 0.275 e. The second-order valence-electron chi connectivity index (χ2n) is 7.75. The molecule has 138 valence electrons. The molecule has 2 atom stereocenters. The van der Waals surface area contributed by atoms with E-state index in [1.165, 1.54) is 6.20 Å². The minimum atomic E-state index is -0.288. The van der Waals surface area contributed by atoms with Gasteiger partial charge in [-0.2, -0.15) is 0 Å². The Kier molecular flexibility index (Phi) is 3.30. The molecule has 0 bridgehead atoms. The lowest BCUT2D eigenvalue weighted by Crippen LogP contribution is -2.33. The normalized spacial score (nSPS) is 23.5. The SMILES string of the molecule is Cc1cn2cc(NC(=O)c3cnc(N4CC5CC5(N)C4)cn3)cc(C)c2n1. The molecule has 2 fully saturated rings. The van der Waals surface area contributed by atoms with E-state index in [1.54, 1.807) is 6.20 Å². The van der Waals surface area contributed by atoms with Gasteiger partial charge in [-0.25, -0.2) is 15.0 Å². The molecule has 3 N–H and O–H groups in total. The molecule has 4 heterocycles. The molecule has 8 heteroatoms. The number of piperidine rings is 1. The Bertz CT molecular complexity index is 1060. The molecule has 2 aliphatic rings. The van der Waals surface area contributed by atoms with Crippen LogP contribution in [0.4, 0.5) is 11.5 Å². The van der Waals surface area contributed by atoms with Crippen LogP contribution < -0.4 is 16.0 Å². The van der Waals surface area contributed by atoms with Crippen LogP contribution in [-0.4, -0.2) is 43.9 Å². The van der Waals surface area contributed by atoms with Crippen molar-refractivity contribution in [3.63, 3.8) is 0 Å². The van der Waals surface area contributed by atoms with Crippen molar-refractivity contribution < 1.29 is 4.79 Å². The molecule has 0 radical (unpaired) electrons. The number of anilines is 2. The van der Waals surface area contributed by atoms with E-state index in [-0.39, 0.29) is 17.1 Å². The summed E-state index contributed by atoms with van der Waals surface area (Å²) in [5, 5.41) is 2.89. The van der Waals surface area contributed by atoms with Crippen LogP contribution in [0, 0.1) is 19.8 Å². The fourth-order valence-electron chi connectivity index (χ4n) is 3.96. The third kappa shape index (κ3) is 2.73. The van der Waals surface area contributed by atoms with E-state index in [9.17, 15) is 4.79 Å². The first-order valence-electron chi connectivity index (χ1n) is 9.04. The van der Waals surface area contributed by atoms with Crippen LogP contribution >= 0.6 is 0 Å². The van der Waals surface area contributed by atoms with E-state index in [4.69, 9.17) is 5.73 Å². The van der Waals surface area contributed by atoms with Gasteiger partial charge in [0.15, 0.2) is 0 Å². The summed E-state index contributed by atoms with van der Waals surface area (Å²) in [4.78, 5) is 27.9. The predicted octanol–water partition coefficient (Wildman–Crippen LogP) is 1.53. The van der Waals surface area contributed by atoms with Crippen LogP contribution in [0.25, 0.3) is 5.65 Å². The highest BCUT2D eigenvalue weighted by molar-refractivity contribution is 6.02. The van der Waals surface area contributed by atoms with Gasteiger partial charge in [-0.05, 0) is 37.8 Å². The predicted molar refractivity (Wildman–Crippen MR) is 102 cm³/mol. The highest BCUT2D eigenvalue weighted by Crippen LogP contribution is 2.47. The van der Waals surface area contributed by atoms with Gasteiger partial charge in [-0.1, -0.05) is 0 Å². The molecule has 0 spiro atoms. The monoisotopic (exact) mass is 363 g/mol. The highest BCUT2D eigenvalue weighted by atomic mass is 16.1. The maximum Gasteiger partial charge on any atom is 0.275 e. The molecule has 1 saturated carbocycles. The number of aromatic nitrogens is 4. The summed E-state index contributed by atoms with van der Waals surface area (Å²) in [5.74, 6) is 1.05. The summed E-state index contributed by atoms with van der Waals surface area (Å²) >= 11 is 0. The zero-order valence-corrected chi connectivity index (χ0v) is 15.3. The number of carbonyl (C=O) groups excluding carboxylic acids is 1. The van der Waals surface area contributed by atoms with Crippen molar-refractivity contribution in [1.29, 1.82) is 0 Å². The van der Waals surface area contributed by atoms with E-state index in [2.05, 4.69) is 25.2 Å². The quantitative estimate of drug-likeness (QED) is 0.732. The number of nitrogens with two attached hydrogens (primary N) is 1. The molecule has 3 aromatic rings. The van der Waals surface area contributed by atoms with E-state index >= 15 is 0 Å². The second-order valence-corrected chi connectivity index (χ2v) is 7.75. The van der Waals surface area contributed by atoms with Crippen molar-refractivity contribution in [2.24, 2.45) is 11.7 Å². The standard InChI is InChI=1S/C19H21N7O/c1-11-3-14(9-25-7-12(2)23-17(11)25)24-18(27)15-5-22-16(6-21-15)26-8-13-4-19(13,20)10-26/h3,5-7,9,13H,4,8,10,20H2,1-2H3,(H,24,27). The van der Waals surface area contributed by atoms with Gasteiger partial charge in [0, 0.05) is 31.0 Å². The topological polar surface area (TPSA) is 101 Å². The van der Waals surface area contributed by atoms with Crippen LogP contribution in [0.1, 0.15) is 28.2 Å². The highest BCUT2D eigenvalue weighted by Gasteiger charge is 2.57. The number of nitrogens with one attached hydrogen (secondary N) is 1. The largest absolute Gasteiger partial charge is 0.353 e. The number of fused-ring (bicyclic) bond motifs is 2. The fourth-order valence-corrected chi connectivity index (χ4v) is 3.96. The zero-order chi connectivity index (χ0) is 18.8. The van der Waals surface area contributed by atoms with E-state index < -0.39 is 0 Å². The first kappa shape index (κ1) is 16.2. The minimum Gasteiger partial charge on any atom is -0.353 e. The lowest BCUT2D eigenvalue weighted by atomic mass is 10.2. The van der Waals surface area contributed by atoms with Gasteiger partial charge in [0.05, 0.1) is 23.8 Å². The van der Waals surface area contributed by atoms with Crippen molar-refractivity contribution in [3.8, 4) is 0 Å². The van der Waals surface area contributed by atoms with Crippen LogP contribution in [0.2, 0.25) is 0 Å². The number of rotatable bonds is 3. The summed E-state index contributed by atoms with van der Waals surface area (Å²) in [6.07, 6.45) is 8.04. The summed E-state index contributed by atoms with van der Waals surface area (Å²) in [6.45, 7) is 5.64. The summed E-state index contributed by atoms with van der Waals surface area (Å²) < 4.78 is 1.91. The molecule has 3 aromatic heterocycles. The Morgan fingerprint density at radius 3 is 2.85 bits per heavy atom. The number of carbonyl (C=O) groups is 1. The lowest BCUT2D eigenvalue weighted by Gasteiger charge is -2.19. The van der Waals surface area contributed by atoms with Crippen molar-refractivity contribution in [2.45, 2.75) is 25.8 Å². The molecule has 1 aliphatic heterocycles. The summed E-state index contributed by atoms with van der Waals surface area (Å²) in [5.41, 5.74) is 9.98. The molecule has 8 nitrogen and oxygen atoms in total. The lowest BCUT2D eigenvalue weighted by molar-refractivity contribution is 0.102. The van der Waals surface area contributed by atoms with E-state index in [1.807, 2.05) is 36.7 Å². The number of imidazole rings is 1. The summed E-state index contributed by atoms with van der Waals surface area (Å²) in [6, 6.07) is 1.90. The Labute approximate surface area is 156 Å². The maximum absolute atomic E-state index is 12.5. The number of aryl methyl sites for hydroxylation is 2. The fraction of sp³-hybridized carbons (Fsp3) is 0.368. The van der Waals surface area contributed by atoms with Gasteiger partial charge >= 0.3 is 0 Å². The van der Waals surface area contributed by atoms with Crippen LogP contribution in [-0.2, 0) is 0 Å². The number of amides is 1. The Morgan fingerprint density at radius 2 is 2.15 bits per heavy atom. The Morgan fingerprint density at radius 1 is 1.30 bits per heavy atom. The molecule has 1 saturated heterocycles. The van der Waals surface area contributed by atoms with Crippen molar-refractivity contribution in [2.75, 3.05) is 23.3 Å². The first-order valence-corrected chi connectivity index (χ1v) is 9.04. The third-order valence-corrected chi connectivity index (χ3v) is 5.51. The van der Waals surface area contributed by atoms with Crippen molar-refractivity contribution in [3.05, 3.63) is 47.8 Å². The van der Waals surface area contributed by atoms with Gasteiger partial charge in [0.25, 0.3) is 5.91 Å². The molecule has 5 rings (SSSR count). The number of hydrogen-bond donors (Lipinski definition) is 2. The Balaban J connectivity index is 1.32. The van der Waals surface area contributed by atoms with Crippen LogP contribution in [0.3, 0.4) is 0 Å². The average Bonchev–Trinajstić information content (AvgIpc) is 2.95. The molecule has 2 unspecified atom stereocenters. The molecule has 27 heavy (non-hydrogen) atoms. The van der Waals surface area contributed by atoms with Gasteiger partial charge in [0.2, 0.25) is 0 Å². The van der Waals surface area contributed by atoms with Gasteiger partial charge < -0.3 is 20.4 Å². The average molecular weight is 363 g/mol. The van der Waals surface area contributed by atoms with Gasteiger partial charge in [0.1, 0.15) is 17.2 Å². The van der Waals surface area contributed by atoms with E-state index in [0.29, 0.717) is 11.6 Å². The zero-order valence-electron chi connectivity index (χ0n) is 15.3. The third-order valence-electron chi connectivity index (χ3n) is 5.51. The van der Waals surface area contributed by atoms with Crippen LogP contribution in [0.5, 0.6) is 0 Å². The molecular formula is C19H21N7O. The first-order chi connectivity index (χ1) is 12.9. The molecule has 0 aromatic carbocycles. The van der Waals surface area contributed by atoms with Crippen molar-refractivity contribution in [1.82, 2.24) is 19.4 Å². The molecule has 1 aliphatic carbocycles. The number of nitrogens with zero attached hydrogens (tertiary/aromatic N) is 5. The maximum atomic E-state index is 12.5. The van der Waals surface area contributed by atoms with Gasteiger partial charge in [-0.15, -0.1) is 0 Å². The molecular weight excluding hydrogens is 342 g/mol. The Hall–Kier alpha value is -3.00. The summed E-state index contributed by atoms with van der Waals surface area (Å²) in [7, 11) is 0. The van der Waals surface area contributed by atoms with Crippen LogP contribution in [0.15, 0.2) is 30.9 Å². The van der Waals surface area contributed by atoms with Crippen molar-refractivity contribution >= 4 is 23.1 Å².